The fourth-order valence-electron chi connectivity index (χ4n) is 3.62. The summed E-state index contributed by atoms with van der Waals surface area (Å²) in [5, 5.41) is 8.11. The van der Waals surface area contributed by atoms with E-state index in [0.717, 1.165) is 13.1 Å². The van der Waals surface area contributed by atoms with Gasteiger partial charge in [-0.25, -0.2) is 0 Å². The van der Waals surface area contributed by atoms with E-state index in [1.54, 1.807) is 0 Å². The third-order valence-corrected chi connectivity index (χ3v) is 4.93. The van der Waals surface area contributed by atoms with Crippen molar-refractivity contribution in [1.29, 1.82) is 0 Å². The lowest BCUT2D eigenvalue weighted by atomic mass is 9.94. The second-order valence-corrected chi connectivity index (χ2v) is 6.59. The van der Waals surface area contributed by atoms with Gasteiger partial charge in [-0.3, -0.25) is 4.68 Å². The van der Waals surface area contributed by atoms with Crippen LogP contribution in [0.2, 0.25) is 0 Å². The van der Waals surface area contributed by atoms with Gasteiger partial charge in [0.15, 0.2) is 0 Å². The molecule has 1 N–H and O–H groups in total. The maximum Gasteiger partial charge on any atom is 0.0568 e. The molecule has 2 aromatic carbocycles. The SMILES string of the molecule is Cc1c(-c2ccccc2)cccc1-c1cnn(C[C@@H]2CCCN2)c1. The van der Waals surface area contributed by atoms with E-state index >= 15 is 0 Å². The number of benzene rings is 2. The van der Waals surface area contributed by atoms with Crippen LogP contribution in [0, 0.1) is 6.92 Å². The fraction of sp³-hybridized carbons (Fsp3) is 0.286. The monoisotopic (exact) mass is 317 g/mol. The molecule has 1 aliphatic heterocycles. The standard InChI is InChI=1S/C21H23N3/c1-16-20(17-7-3-2-4-8-17)10-5-11-21(16)18-13-23-24(14-18)15-19-9-6-12-22-19/h2-5,7-8,10-11,13-14,19,22H,6,9,12,15H2,1H3/t19-/m0/s1. The Morgan fingerprint density at radius 2 is 1.83 bits per heavy atom. The summed E-state index contributed by atoms with van der Waals surface area (Å²) in [5.74, 6) is 0. The molecule has 4 rings (SSSR count). The number of nitrogens with zero attached hydrogens (tertiary/aromatic N) is 2. The topological polar surface area (TPSA) is 29.9 Å². The van der Waals surface area contributed by atoms with Crippen LogP contribution in [0.1, 0.15) is 18.4 Å². The van der Waals surface area contributed by atoms with Crippen molar-refractivity contribution >= 4 is 0 Å². The van der Waals surface area contributed by atoms with Crippen LogP contribution < -0.4 is 5.32 Å². The molecule has 0 aliphatic carbocycles. The predicted octanol–water partition coefficient (Wildman–Crippen LogP) is 4.28. The lowest BCUT2D eigenvalue weighted by molar-refractivity contribution is 0.476. The van der Waals surface area contributed by atoms with Gasteiger partial charge in [-0.1, -0.05) is 48.5 Å². The van der Waals surface area contributed by atoms with Gasteiger partial charge in [0.05, 0.1) is 12.7 Å². The summed E-state index contributed by atoms with van der Waals surface area (Å²) < 4.78 is 2.08. The first-order valence-corrected chi connectivity index (χ1v) is 8.72. The quantitative estimate of drug-likeness (QED) is 0.778. The number of hydrogen-bond donors (Lipinski definition) is 1. The summed E-state index contributed by atoms with van der Waals surface area (Å²) >= 11 is 0. The largest absolute Gasteiger partial charge is 0.312 e. The first kappa shape index (κ1) is 15.2. The van der Waals surface area contributed by atoms with Crippen LogP contribution in [-0.2, 0) is 6.54 Å². The van der Waals surface area contributed by atoms with E-state index in [0.29, 0.717) is 6.04 Å². The smallest absolute Gasteiger partial charge is 0.0568 e. The molecule has 122 valence electrons. The molecule has 0 bridgehead atoms. The van der Waals surface area contributed by atoms with Crippen LogP contribution in [0.5, 0.6) is 0 Å². The molecular formula is C21H23N3. The number of aromatic nitrogens is 2. The zero-order valence-electron chi connectivity index (χ0n) is 14.1. The van der Waals surface area contributed by atoms with E-state index in [9.17, 15) is 0 Å². The molecule has 1 aromatic heterocycles. The molecule has 1 atom stereocenters. The maximum atomic E-state index is 4.58. The van der Waals surface area contributed by atoms with E-state index in [1.165, 1.54) is 40.7 Å². The molecule has 1 aliphatic rings. The van der Waals surface area contributed by atoms with E-state index in [1.807, 2.05) is 6.20 Å². The van der Waals surface area contributed by atoms with Crippen molar-refractivity contribution in [2.75, 3.05) is 6.54 Å². The van der Waals surface area contributed by atoms with Gasteiger partial charge in [-0.2, -0.15) is 5.10 Å². The van der Waals surface area contributed by atoms with Crippen LogP contribution in [0.25, 0.3) is 22.3 Å². The van der Waals surface area contributed by atoms with Gasteiger partial charge in [-0.15, -0.1) is 0 Å². The molecule has 0 radical (unpaired) electrons. The van der Waals surface area contributed by atoms with Crippen molar-refractivity contribution in [3.05, 3.63) is 66.5 Å². The van der Waals surface area contributed by atoms with Crippen molar-refractivity contribution in [2.24, 2.45) is 0 Å². The summed E-state index contributed by atoms with van der Waals surface area (Å²) in [6, 6.07) is 17.7. The molecule has 1 fully saturated rings. The average molecular weight is 317 g/mol. The Hall–Kier alpha value is -2.39. The van der Waals surface area contributed by atoms with Gasteiger partial charge in [-0.05, 0) is 48.6 Å². The van der Waals surface area contributed by atoms with Gasteiger partial charge in [0.25, 0.3) is 0 Å². The molecule has 3 heteroatoms. The molecule has 0 spiro atoms. The Labute approximate surface area is 143 Å². The highest BCUT2D eigenvalue weighted by Crippen LogP contribution is 2.31. The van der Waals surface area contributed by atoms with E-state index in [4.69, 9.17) is 0 Å². The Kier molecular flexibility index (Phi) is 4.18. The van der Waals surface area contributed by atoms with Crippen LogP contribution >= 0.6 is 0 Å². The average Bonchev–Trinajstić information content (AvgIpc) is 3.28. The van der Waals surface area contributed by atoms with Crippen molar-refractivity contribution in [1.82, 2.24) is 15.1 Å². The molecule has 24 heavy (non-hydrogen) atoms. The minimum atomic E-state index is 0.564. The minimum Gasteiger partial charge on any atom is -0.312 e. The first-order valence-electron chi connectivity index (χ1n) is 8.72. The molecule has 1 saturated heterocycles. The lowest BCUT2D eigenvalue weighted by Gasteiger charge is -2.11. The molecule has 3 aromatic rings. The van der Waals surface area contributed by atoms with Crippen molar-refractivity contribution < 1.29 is 0 Å². The Balaban J connectivity index is 1.64. The predicted molar refractivity (Wildman–Crippen MR) is 98.9 cm³/mol. The zero-order valence-corrected chi connectivity index (χ0v) is 14.1. The van der Waals surface area contributed by atoms with Gasteiger partial charge in [0, 0.05) is 17.8 Å². The Morgan fingerprint density at radius 1 is 1.04 bits per heavy atom. The van der Waals surface area contributed by atoms with Crippen LogP contribution in [0.15, 0.2) is 60.9 Å². The fourth-order valence-corrected chi connectivity index (χ4v) is 3.62. The highest BCUT2D eigenvalue weighted by Gasteiger charge is 2.15. The molecule has 2 heterocycles. The Bertz CT molecular complexity index is 814. The van der Waals surface area contributed by atoms with E-state index < -0.39 is 0 Å². The van der Waals surface area contributed by atoms with Crippen LogP contribution in [0.3, 0.4) is 0 Å². The number of nitrogens with one attached hydrogen (secondary N) is 1. The van der Waals surface area contributed by atoms with Gasteiger partial charge < -0.3 is 5.32 Å². The first-order chi connectivity index (χ1) is 11.8. The maximum absolute atomic E-state index is 4.58. The van der Waals surface area contributed by atoms with Gasteiger partial charge in [0.1, 0.15) is 0 Å². The molecule has 0 amide bonds. The van der Waals surface area contributed by atoms with Crippen molar-refractivity contribution in [2.45, 2.75) is 32.4 Å². The number of hydrogen-bond acceptors (Lipinski definition) is 2. The second kappa shape index (κ2) is 6.62. The normalized spacial score (nSPS) is 17.3. The summed E-state index contributed by atoms with van der Waals surface area (Å²) in [5.41, 5.74) is 6.32. The van der Waals surface area contributed by atoms with Crippen molar-refractivity contribution in [3.63, 3.8) is 0 Å². The number of rotatable bonds is 4. The third kappa shape index (κ3) is 3.00. The Morgan fingerprint density at radius 3 is 2.58 bits per heavy atom. The van der Waals surface area contributed by atoms with Crippen molar-refractivity contribution in [3.8, 4) is 22.3 Å². The van der Waals surface area contributed by atoms with Crippen LogP contribution in [-0.4, -0.2) is 22.4 Å². The lowest BCUT2D eigenvalue weighted by Crippen LogP contribution is -2.26. The molecule has 3 nitrogen and oxygen atoms in total. The summed E-state index contributed by atoms with van der Waals surface area (Å²) in [6.45, 7) is 4.29. The highest BCUT2D eigenvalue weighted by molar-refractivity contribution is 5.77. The van der Waals surface area contributed by atoms with E-state index in [-0.39, 0.29) is 0 Å². The summed E-state index contributed by atoms with van der Waals surface area (Å²) in [7, 11) is 0. The zero-order chi connectivity index (χ0) is 16.4. The van der Waals surface area contributed by atoms with Gasteiger partial charge in [0.2, 0.25) is 0 Å². The minimum absolute atomic E-state index is 0.564. The molecule has 0 saturated carbocycles. The molecule has 0 unspecified atom stereocenters. The summed E-state index contributed by atoms with van der Waals surface area (Å²) in [4.78, 5) is 0. The summed E-state index contributed by atoms with van der Waals surface area (Å²) in [6.07, 6.45) is 6.69. The van der Waals surface area contributed by atoms with Gasteiger partial charge >= 0.3 is 0 Å². The third-order valence-electron chi connectivity index (χ3n) is 4.93. The second-order valence-electron chi connectivity index (χ2n) is 6.59. The highest BCUT2D eigenvalue weighted by atomic mass is 15.3. The molecular weight excluding hydrogens is 294 g/mol. The van der Waals surface area contributed by atoms with E-state index in [2.05, 4.69) is 76.7 Å². The van der Waals surface area contributed by atoms with Crippen LogP contribution in [0.4, 0.5) is 0 Å².